The fourth-order valence-electron chi connectivity index (χ4n) is 2.90. The number of benzene rings is 1. The van der Waals surface area contributed by atoms with Crippen LogP contribution in [-0.4, -0.2) is 22.1 Å². The molecule has 0 N–H and O–H groups in total. The molecule has 0 amide bonds. The van der Waals surface area contributed by atoms with Crippen molar-refractivity contribution >= 4 is 5.82 Å². The molecule has 6 heteroatoms. The van der Waals surface area contributed by atoms with Gasteiger partial charge in [-0.05, 0) is 38.3 Å². The third-order valence-electron chi connectivity index (χ3n) is 4.52. The van der Waals surface area contributed by atoms with Crippen LogP contribution in [0.2, 0.25) is 0 Å². The molecule has 0 saturated carbocycles. The summed E-state index contributed by atoms with van der Waals surface area (Å²) in [4.78, 5) is 18.3. The largest absolute Gasteiger partial charge is 0.354 e. The Hall–Kier alpha value is -2.24. The highest BCUT2D eigenvalue weighted by Crippen LogP contribution is 2.30. The Morgan fingerprint density at radius 3 is 2.74 bits per heavy atom. The lowest BCUT2D eigenvalue weighted by Gasteiger charge is -2.28. The molecule has 23 heavy (non-hydrogen) atoms. The quantitative estimate of drug-likeness (QED) is 0.872. The van der Waals surface area contributed by atoms with Crippen molar-refractivity contribution in [3.8, 4) is 0 Å². The number of anilines is 1. The molecule has 0 atom stereocenters. The first-order chi connectivity index (χ1) is 10.8. The number of likely N-dealkylation sites (N-methyl/N-ethyl adjacent to an activating group) is 1. The van der Waals surface area contributed by atoms with Crippen molar-refractivity contribution in [1.29, 1.82) is 0 Å². The van der Waals surface area contributed by atoms with Crippen LogP contribution < -0.4 is 10.6 Å². The molecule has 0 bridgehead atoms. The number of fused-ring (bicyclic) bond motifs is 1. The molecule has 1 aromatic carbocycles. The average Bonchev–Trinajstić information content (AvgIpc) is 2.72. The normalized spacial score (nSPS) is 15.8. The number of aryl methyl sites for hydroxylation is 2. The van der Waals surface area contributed by atoms with Gasteiger partial charge in [0.25, 0.3) is 0 Å². The van der Waals surface area contributed by atoms with E-state index in [-0.39, 0.29) is 11.2 Å². The van der Waals surface area contributed by atoms with Gasteiger partial charge in [-0.2, -0.15) is 4.98 Å². The van der Waals surface area contributed by atoms with Crippen LogP contribution in [0.25, 0.3) is 0 Å². The predicted molar refractivity (Wildman–Crippen MR) is 84.7 cm³/mol. The molecule has 2 aromatic rings. The van der Waals surface area contributed by atoms with E-state index in [4.69, 9.17) is 0 Å². The summed E-state index contributed by atoms with van der Waals surface area (Å²) in [6.07, 6.45) is 0.685. The molecule has 0 unspecified atom stereocenters. The molecule has 0 aliphatic carbocycles. The van der Waals surface area contributed by atoms with Gasteiger partial charge in [0.2, 0.25) is 0 Å². The maximum atomic E-state index is 13.7. The van der Waals surface area contributed by atoms with Gasteiger partial charge in [0.15, 0.2) is 11.6 Å². The Bertz CT molecular complexity index is 814. The summed E-state index contributed by atoms with van der Waals surface area (Å²) in [5.74, 6) is -0.876. The van der Waals surface area contributed by atoms with E-state index < -0.39 is 11.6 Å². The second kappa shape index (κ2) is 5.44. The first kappa shape index (κ1) is 15.6. The number of aromatic nitrogens is 2. The van der Waals surface area contributed by atoms with E-state index in [9.17, 15) is 13.6 Å². The van der Waals surface area contributed by atoms with E-state index >= 15 is 0 Å². The van der Waals surface area contributed by atoms with Crippen LogP contribution >= 0.6 is 0 Å². The van der Waals surface area contributed by atoms with Gasteiger partial charge in [0.1, 0.15) is 5.82 Å². The average molecular weight is 319 g/mol. The van der Waals surface area contributed by atoms with Crippen molar-refractivity contribution in [1.82, 2.24) is 9.55 Å². The molecule has 1 aliphatic rings. The molecule has 3 rings (SSSR count). The van der Waals surface area contributed by atoms with E-state index in [1.54, 1.807) is 10.6 Å². The Morgan fingerprint density at radius 1 is 1.26 bits per heavy atom. The first-order valence-corrected chi connectivity index (χ1v) is 7.57. The number of rotatable bonds is 3. The van der Waals surface area contributed by atoms with Crippen LogP contribution in [0.1, 0.15) is 25.1 Å². The van der Waals surface area contributed by atoms with Gasteiger partial charge in [0.05, 0.1) is 17.8 Å². The van der Waals surface area contributed by atoms with Crippen molar-refractivity contribution < 1.29 is 8.78 Å². The van der Waals surface area contributed by atoms with Gasteiger partial charge in [-0.25, -0.2) is 13.6 Å². The van der Waals surface area contributed by atoms with Gasteiger partial charge >= 0.3 is 5.69 Å². The van der Waals surface area contributed by atoms with Crippen molar-refractivity contribution in [2.45, 2.75) is 38.8 Å². The topological polar surface area (TPSA) is 38.1 Å². The van der Waals surface area contributed by atoms with E-state index in [1.807, 2.05) is 18.0 Å². The summed E-state index contributed by atoms with van der Waals surface area (Å²) in [6, 6.07) is 5.98. The number of hydrogen-bond acceptors (Lipinski definition) is 3. The summed E-state index contributed by atoms with van der Waals surface area (Å²) in [6.45, 7) is 4.70. The number of nitrogens with zero attached hydrogens (tertiary/aromatic N) is 3. The molecular formula is C17H19F2N3O. The number of halogens is 2. The predicted octanol–water partition coefficient (Wildman–Crippen LogP) is 2.54. The smallest absolute Gasteiger partial charge is 0.349 e. The lowest BCUT2D eigenvalue weighted by atomic mass is 10.1. The van der Waals surface area contributed by atoms with Gasteiger partial charge in [-0.3, -0.25) is 4.57 Å². The van der Waals surface area contributed by atoms with Gasteiger partial charge in [0, 0.05) is 13.1 Å². The first-order valence-electron chi connectivity index (χ1n) is 7.57. The highest BCUT2D eigenvalue weighted by Gasteiger charge is 2.34. The highest BCUT2D eigenvalue weighted by molar-refractivity contribution is 5.46. The van der Waals surface area contributed by atoms with Crippen LogP contribution in [0.15, 0.2) is 29.1 Å². The van der Waals surface area contributed by atoms with Crippen LogP contribution in [0.4, 0.5) is 14.6 Å². The SMILES string of the molecule is CN1c2cc(CCc3cccc(F)c3F)nc(=O)n2CC1(C)C. The zero-order chi connectivity index (χ0) is 16.8. The van der Waals surface area contributed by atoms with Crippen molar-refractivity contribution in [3.63, 3.8) is 0 Å². The summed E-state index contributed by atoms with van der Waals surface area (Å²) in [5, 5.41) is 0. The summed E-state index contributed by atoms with van der Waals surface area (Å²) < 4.78 is 28.6. The van der Waals surface area contributed by atoms with Crippen molar-refractivity contribution in [3.05, 3.63) is 57.6 Å². The van der Waals surface area contributed by atoms with Crippen LogP contribution in [0.3, 0.4) is 0 Å². The van der Waals surface area contributed by atoms with Crippen molar-refractivity contribution in [2.24, 2.45) is 0 Å². The van der Waals surface area contributed by atoms with Crippen molar-refractivity contribution in [2.75, 3.05) is 11.9 Å². The second-order valence-corrected chi connectivity index (χ2v) is 6.56. The second-order valence-electron chi connectivity index (χ2n) is 6.56. The summed E-state index contributed by atoms with van der Waals surface area (Å²) >= 11 is 0. The van der Waals surface area contributed by atoms with Crippen LogP contribution in [0.5, 0.6) is 0 Å². The monoisotopic (exact) mass is 319 g/mol. The third-order valence-corrected chi connectivity index (χ3v) is 4.52. The summed E-state index contributed by atoms with van der Waals surface area (Å²) in [5.41, 5.74) is 0.436. The minimum absolute atomic E-state index is 0.152. The fourth-order valence-corrected chi connectivity index (χ4v) is 2.90. The third kappa shape index (κ3) is 2.73. The fraction of sp³-hybridized carbons (Fsp3) is 0.412. The van der Waals surface area contributed by atoms with E-state index in [1.165, 1.54) is 6.07 Å². The molecule has 0 radical (unpaired) electrons. The molecule has 0 fully saturated rings. The van der Waals surface area contributed by atoms with Gasteiger partial charge in [-0.15, -0.1) is 0 Å². The highest BCUT2D eigenvalue weighted by atomic mass is 19.2. The van der Waals surface area contributed by atoms with E-state index in [0.717, 1.165) is 11.9 Å². The lowest BCUT2D eigenvalue weighted by Crippen LogP contribution is -2.38. The molecule has 2 heterocycles. The minimum atomic E-state index is -0.856. The number of hydrogen-bond donors (Lipinski definition) is 0. The zero-order valence-corrected chi connectivity index (χ0v) is 13.4. The van der Waals surface area contributed by atoms with Gasteiger partial charge in [-0.1, -0.05) is 12.1 Å². The van der Waals surface area contributed by atoms with Gasteiger partial charge < -0.3 is 4.90 Å². The molecule has 1 aliphatic heterocycles. The molecule has 4 nitrogen and oxygen atoms in total. The maximum absolute atomic E-state index is 13.7. The standard InChI is InChI=1S/C17H19F2N3O/c1-17(2)10-22-14(21(17)3)9-12(20-16(22)23)8-7-11-5-4-6-13(18)15(11)19/h4-6,9H,7-8,10H2,1-3H3. The Morgan fingerprint density at radius 2 is 2.00 bits per heavy atom. The van der Waals surface area contributed by atoms with Crippen LogP contribution in [-0.2, 0) is 19.4 Å². The van der Waals surface area contributed by atoms with E-state index in [2.05, 4.69) is 18.8 Å². The Labute approximate surface area is 133 Å². The maximum Gasteiger partial charge on any atom is 0.349 e. The minimum Gasteiger partial charge on any atom is -0.354 e. The van der Waals surface area contributed by atoms with Crippen LogP contribution in [0, 0.1) is 11.6 Å². The summed E-state index contributed by atoms with van der Waals surface area (Å²) in [7, 11) is 1.94. The Balaban J connectivity index is 1.86. The lowest BCUT2D eigenvalue weighted by molar-refractivity contribution is 0.466. The molecule has 122 valence electrons. The molecular weight excluding hydrogens is 300 g/mol. The molecule has 0 saturated heterocycles. The Kier molecular flexibility index (Phi) is 3.70. The molecule has 0 spiro atoms. The zero-order valence-electron chi connectivity index (χ0n) is 13.4. The van der Waals surface area contributed by atoms with E-state index in [0.29, 0.717) is 30.6 Å². The molecule has 1 aromatic heterocycles.